The number of primary amides is 1. The lowest BCUT2D eigenvalue weighted by Gasteiger charge is -2.35. The molecule has 0 aromatic heterocycles. The highest BCUT2D eigenvalue weighted by Crippen LogP contribution is 2.27. The molecule has 1 amide bonds. The molecule has 1 saturated carbocycles. The number of nitrogens with two attached hydrogens (primary N) is 2. The normalized spacial score (nSPS) is 27.4. The lowest BCUT2D eigenvalue weighted by molar-refractivity contribution is -0.126. The highest BCUT2D eigenvalue weighted by molar-refractivity contribution is 5.84. The molecular weight excluding hydrogens is 248 g/mol. The van der Waals surface area contributed by atoms with Crippen LogP contribution in [0.3, 0.4) is 0 Å². The van der Waals surface area contributed by atoms with Crippen LogP contribution in [0.15, 0.2) is 0 Å². The maximum Gasteiger partial charge on any atom is 0.237 e. The van der Waals surface area contributed by atoms with Gasteiger partial charge in [0.2, 0.25) is 5.91 Å². The summed E-state index contributed by atoms with van der Waals surface area (Å²) in [6, 6.07) is 0. The third-order valence-corrected chi connectivity index (χ3v) is 3.45. The summed E-state index contributed by atoms with van der Waals surface area (Å²) in [7, 11) is 1.67. The summed E-state index contributed by atoms with van der Waals surface area (Å²) in [6.07, 6.45) is 3.85. The Bertz CT molecular complexity index is 275. The Hall–Kier alpha value is -0.690. The van der Waals surface area contributed by atoms with Crippen molar-refractivity contribution in [3.05, 3.63) is 0 Å². The van der Waals surface area contributed by atoms with Crippen molar-refractivity contribution in [2.45, 2.75) is 43.7 Å². The lowest BCUT2D eigenvalue weighted by atomic mass is 9.80. The minimum atomic E-state index is -0.901. The van der Waals surface area contributed by atoms with Crippen LogP contribution < -0.4 is 11.5 Å². The van der Waals surface area contributed by atoms with Gasteiger partial charge in [-0.3, -0.25) is 4.79 Å². The molecule has 6 nitrogen and oxygen atoms in total. The van der Waals surface area contributed by atoms with Crippen molar-refractivity contribution in [3.8, 4) is 0 Å². The van der Waals surface area contributed by atoms with E-state index in [0.29, 0.717) is 39.3 Å². The Kier molecular flexibility index (Phi) is 7.30. The molecule has 1 aliphatic rings. The average molecular weight is 274 g/mol. The molecule has 2 atom stereocenters. The largest absolute Gasteiger partial charge is 0.385 e. The zero-order valence-corrected chi connectivity index (χ0v) is 11.7. The maximum absolute atomic E-state index is 11.3. The lowest BCUT2D eigenvalue weighted by Crippen LogP contribution is -2.56. The second-order valence-electron chi connectivity index (χ2n) is 5.07. The van der Waals surface area contributed by atoms with Crippen LogP contribution in [0, 0.1) is 0 Å². The maximum atomic E-state index is 11.3. The van der Waals surface area contributed by atoms with Crippen molar-refractivity contribution in [1.82, 2.24) is 0 Å². The zero-order chi connectivity index (χ0) is 14.1. The smallest absolute Gasteiger partial charge is 0.237 e. The topological polar surface area (TPSA) is 96.8 Å². The second-order valence-corrected chi connectivity index (χ2v) is 5.07. The molecule has 1 aliphatic carbocycles. The SMILES string of the molecule is COCCCOCCOC1CCCC(N)(C(N)=O)C1. The number of rotatable bonds is 9. The van der Waals surface area contributed by atoms with Gasteiger partial charge >= 0.3 is 0 Å². The van der Waals surface area contributed by atoms with Crippen LogP contribution in [-0.2, 0) is 19.0 Å². The minimum absolute atomic E-state index is 0.00817. The van der Waals surface area contributed by atoms with Crippen LogP contribution in [0.5, 0.6) is 0 Å². The van der Waals surface area contributed by atoms with Gasteiger partial charge in [0.15, 0.2) is 0 Å². The van der Waals surface area contributed by atoms with Crippen molar-refractivity contribution in [1.29, 1.82) is 0 Å². The number of amides is 1. The van der Waals surface area contributed by atoms with Crippen molar-refractivity contribution in [3.63, 3.8) is 0 Å². The van der Waals surface area contributed by atoms with Crippen molar-refractivity contribution < 1.29 is 19.0 Å². The number of carbonyl (C=O) groups excluding carboxylic acids is 1. The van der Waals surface area contributed by atoms with Crippen LogP contribution in [0.4, 0.5) is 0 Å². The van der Waals surface area contributed by atoms with E-state index in [1.807, 2.05) is 0 Å². The first-order chi connectivity index (χ1) is 9.08. The molecule has 0 bridgehead atoms. The Morgan fingerprint density at radius 3 is 2.79 bits per heavy atom. The molecule has 0 aromatic rings. The number of hydrogen-bond donors (Lipinski definition) is 2. The molecule has 19 heavy (non-hydrogen) atoms. The monoisotopic (exact) mass is 274 g/mol. The Balaban J connectivity index is 2.11. The van der Waals surface area contributed by atoms with Gasteiger partial charge < -0.3 is 25.7 Å². The van der Waals surface area contributed by atoms with E-state index in [0.717, 1.165) is 19.3 Å². The van der Waals surface area contributed by atoms with Crippen molar-refractivity contribution >= 4 is 5.91 Å². The highest BCUT2D eigenvalue weighted by Gasteiger charge is 2.38. The number of hydrogen-bond acceptors (Lipinski definition) is 5. The van der Waals surface area contributed by atoms with Crippen molar-refractivity contribution in [2.75, 3.05) is 33.5 Å². The van der Waals surface area contributed by atoms with Gasteiger partial charge in [-0.1, -0.05) is 0 Å². The van der Waals surface area contributed by atoms with E-state index in [9.17, 15) is 4.79 Å². The van der Waals surface area contributed by atoms with Crippen molar-refractivity contribution in [2.24, 2.45) is 11.5 Å². The fourth-order valence-corrected chi connectivity index (χ4v) is 2.30. The molecule has 4 N–H and O–H groups in total. The summed E-state index contributed by atoms with van der Waals surface area (Å²) in [5.41, 5.74) is 10.4. The van der Waals surface area contributed by atoms with E-state index in [1.54, 1.807) is 7.11 Å². The summed E-state index contributed by atoms with van der Waals surface area (Å²) in [4.78, 5) is 11.3. The number of carbonyl (C=O) groups is 1. The summed E-state index contributed by atoms with van der Waals surface area (Å²) >= 11 is 0. The Morgan fingerprint density at radius 1 is 1.32 bits per heavy atom. The van der Waals surface area contributed by atoms with Crippen LogP contribution >= 0.6 is 0 Å². The highest BCUT2D eigenvalue weighted by atomic mass is 16.5. The van der Waals surface area contributed by atoms with Gasteiger partial charge in [0, 0.05) is 26.7 Å². The average Bonchev–Trinajstić information content (AvgIpc) is 2.38. The zero-order valence-electron chi connectivity index (χ0n) is 11.7. The first kappa shape index (κ1) is 16.4. The minimum Gasteiger partial charge on any atom is -0.385 e. The van der Waals surface area contributed by atoms with Gasteiger partial charge in [0.05, 0.1) is 24.9 Å². The van der Waals surface area contributed by atoms with Gasteiger partial charge in [0.25, 0.3) is 0 Å². The summed E-state index contributed by atoms with van der Waals surface area (Å²) in [6.45, 7) is 2.45. The molecule has 0 radical (unpaired) electrons. The van der Waals surface area contributed by atoms with Gasteiger partial charge in [-0.15, -0.1) is 0 Å². The molecule has 112 valence electrons. The fourth-order valence-electron chi connectivity index (χ4n) is 2.30. The summed E-state index contributed by atoms with van der Waals surface area (Å²) < 4.78 is 16.0. The van der Waals surface area contributed by atoms with Gasteiger partial charge in [0.1, 0.15) is 0 Å². The summed E-state index contributed by atoms with van der Waals surface area (Å²) in [5, 5.41) is 0. The van der Waals surface area contributed by atoms with E-state index in [1.165, 1.54) is 0 Å². The van der Waals surface area contributed by atoms with E-state index < -0.39 is 11.4 Å². The molecule has 6 heteroatoms. The molecule has 0 saturated heterocycles. The van der Waals surface area contributed by atoms with Crippen LogP contribution in [0.1, 0.15) is 32.1 Å². The molecule has 1 rings (SSSR count). The number of ether oxygens (including phenoxy) is 3. The standard InChI is InChI=1S/C13H26N2O4/c1-17-6-3-7-18-8-9-19-11-4-2-5-13(15,10-11)12(14)16/h11H,2-10,15H2,1H3,(H2,14,16). The fraction of sp³-hybridized carbons (Fsp3) is 0.923. The Morgan fingerprint density at radius 2 is 2.11 bits per heavy atom. The van der Waals surface area contributed by atoms with Gasteiger partial charge in [-0.2, -0.15) is 0 Å². The molecule has 0 spiro atoms. The van der Waals surface area contributed by atoms with Gasteiger partial charge in [-0.05, 0) is 25.7 Å². The third-order valence-electron chi connectivity index (χ3n) is 3.45. The van der Waals surface area contributed by atoms with E-state index in [-0.39, 0.29) is 6.10 Å². The molecular formula is C13H26N2O4. The second kappa shape index (κ2) is 8.47. The van der Waals surface area contributed by atoms with Crippen LogP contribution in [-0.4, -0.2) is 51.1 Å². The first-order valence-corrected chi connectivity index (χ1v) is 6.85. The quantitative estimate of drug-likeness (QED) is 0.585. The molecule has 0 aromatic carbocycles. The molecule has 1 fully saturated rings. The van der Waals surface area contributed by atoms with Crippen LogP contribution in [0.2, 0.25) is 0 Å². The summed E-state index contributed by atoms with van der Waals surface area (Å²) in [5.74, 6) is -0.434. The number of methoxy groups -OCH3 is 1. The Labute approximate surface area is 114 Å². The predicted molar refractivity (Wildman–Crippen MR) is 71.6 cm³/mol. The van der Waals surface area contributed by atoms with Crippen LogP contribution in [0.25, 0.3) is 0 Å². The van der Waals surface area contributed by atoms with Gasteiger partial charge in [-0.25, -0.2) is 0 Å². The van der Waals surface area contributed by atoms with E-state index >= 15 is 0 Å². The first-order valence-electron chi connectivity index (χ1n) is 6.85. The molecule has 0 aliphatic heterocycles. The molecule has 2 unspecified atom stereocenters. The van der Waals surface area contributed by atoms with E-state index in [2.05, 4.69) is 0 Å². The third kappa shape index (κ3) is 5.86. The molecule has 0 heterocycles. The van der Waals surface area contributed by atoms with E-state index in [4.69, 9.17) is 25.7 Å². The predicted octanol–water partition coefficient (Wildman–Crippen LogP) is 0.182.